The third kappa shape index (κ3) is 2.81. The van der Waals surface area contributed by atoms with Gasteiger partial charge in [-0.25, -0.2) is 4.79 Å². The molecular weight excluding hydrogens is 306 g/mol. The molecule has 2 rings (SSSR count). The van der Waals surface area contributed by atoms with E-state index in [1.54, 1.807) is 22.7 Å². The van der Waals surface area contributed by atoms with Gasteiger partial charge < -0.3 is 15.4 Å². The molecule has 0 spiro atoms. The van der Waals surface area contributed by atoms with E-state index in [1.807, 2.05) is 6.92 Å². The van der Waals surface area contributed by atoms with Crippen LogP contribution in [0.25, 0.3) is 0 Å². The third-order valence-corrected chi connectivity index (χ3v) is 5.35. The van der Waals surface area contributed by atoms with Crippen LogP contribution >= 0.6 is 11.8 Å². The zero-order valence-corrected chi connectivity index (χ0v) is 13.2. The molecule has 0 aromatic heterocycles. The zero-order valence-electron chi connectivity index (χ0n) is 12.4. The number of fused-ring (bicyclic) bond motifs is 1. The van der Waals surface area contributed by atoms with Gasteiger partial charge in [-0.2, -0.15) is 5.26 Å². The monoisotopic (exact) mass is 323 g/mol. The summed E-state index contributed by atoms with van der Waals surface area (Å²) in [6, 6.07) is 1.02. The molecule has 2 heterocycles. The van der Waals surface area contributed by atoms with E-state index in [9.17, 15) is 14.4 Å². The van der Waals surface area contributed by atoms with Crippen LogP contribution in [0.1, 0.15) is 26.7 Å². The molecule has 8 heteroatoms. The Morgan fingerprint density at radius 2 is 2.27 bits per heavy atom. The summed E-state index contributed by atoms with van der Waals surface area (Å²) in [5.74, 6) is -0.883. The minimum atomic E-state index is -0.675. The third-order valence-electron chi connectivity index (χ3n) is 3.85. The number of nitrogens with zero attached hydrogens (tertiary/aromatic N) is 2. The van der Waals surface area contributed by atoms with E-state index < -0.39 is 24.4 Å². The number of hydrogen-bond donors (Lipinski definition) is 1. The molecule has 2 unspecified atom stereocenters. The Kier molecular flexibility index (Phi) is 4.47. The van der Waals surface area contributed by atoms with E-state index in [4.69, 9.17) is 15.7 Å². The number of carbonyl (C=O) groups is 3. The highest BCUT2D eigenvalue weighted by molar-refractivity contribution is 8.01. The normalized spacial score (nSPS) is 28.0. The predicted octanol–water partition coefficient (Wildman–Crippen LogP) is 0.309. The van der Waals surface area contributed by atoms with Crippen LogP contribution in [0.15, 0.2) is 11.3 Å². The Balaban J connectivity index is 2.00. The minimum Gasteiger partial charge on any atom is -0.456 e. The number of Topliss-reactive ketones (excluding diaryl/α,β-unsaturated/α-hetero) is 1. The largest absolute Gasteiger partial charge is 0.456 e. The fourth-order valence-corrected chi connectivity index (χ4v) is 4.09. The molecule has 0 bridgehead atoms. The molecule has 2 fully saturated rings. The summed E-state index contributed by atoms with van der Waals surface area (Å²) >= 11 is 1.54. The number of nitrogens with two attached hydrogens (primary N) is 1. The number of ketones is 1. The Morgan fingerprint density at radius 1 is 1.59 bits per heavy atom. The maximum Gasteiger partial charge on any atom is 0.330 e. The van der Waals surface area contributed by atoms with E-state index in [1.165, 1.54) is 6.92 Å². The zero-order chi connectivity index (χ0) is 16.5. The van der Waals surface area contributed by atoms with Gasteiger partial charge in [-0.05, 0) is 20.3 Å². The van der Waals surface area contributed by atoms with Gasteiger partial charge in [0.15, 0.2) is 6.61 Å². The Hall–Kier alpha value is -2.01. The van der Waals surface area contributed by atoms with Crippen molar-refractivity contribution in [2.75, 3.05) is 12.4 Å². The summed E-state index contributed by atoms with van der Waals surface area (Å²) in [7, 11) is 0. The van der Waals surface area contributed by atoms with Gasteiger partial charge in [0.2, 0.25) is 11.7 Å². The first-order valence-corrected chi connectivity index (χ1v) is 7.81. The number of carbonyl (C=O) groups excluding carboxylic acids is 3. The number of ether oxygens (including phenoxy) is 1. The lowest BCUT2D eigenvalue weighted by Crippen LogP contribution is -2.47. The fraction of sp³-hybridized carbons (Fsp3) is 0.571. The van der Waals surface area contributed by atoms with Crippen LogP contribution in [0.4, 0.5) is 0 Å². The van der Waals surface area contributed by atoms with E-state index >= 15 is 0 Å². The number of nitriles is 1. The topological polar surface area (TPSA) is 113 Å². The summed E-state index contributed by atoms with van der Waals surface area (Å²) in [5, 5.41) is 8.83. The molecule has 0 radical (unpaired) electrons. The van der Waals surface area contributed by atoms with E-state index in [2.05, 4.69) is 0 Å². The molecular formula is C14H17N3O4S. The molecule has 7 nitrogen and oxygen atoms in total. The van der Waals surface area contributed by atoms with Crippen molar-refractivity contribution in [3.05, 3.63) is 11.3 Å². The Labute approximate surface area is 132 Å². The SMILES string of the molecule is C/C(N)=C(\C#N)C(=O)COC(=O)C1CSC2(C)CCC(=O)N12. The van der Waals surface area contributed by atoms with Crippen LogP contribution in [0.3, 0.4) is 0 Å². The molecule has 2 aliphatic rings. The number of esters is 1. The maximum absolute atomic E-state index is 12.1. The highest BCUT2D eigenvalue weighted by Gasteiger charge is 2.53. The number of rotatable bonds is 4. The first kappa shape index (κ1) is 16.4. The molecule has 0 saturated carbocycles. The molecule has 118 valence electrons. The van der Waals surface area contributed by atoms with Crippen molar-refractivity contribution >= 4 is 29.4 Å². The van der Waals surface area contributed by atoms with Crippen molar-refractivity contribution in [1.29, 1.82) is 5.26 Å². The summed E-state index contributed by atoms with van der Waals surface area (Å²) in [4.78, 5) is 37.0. The van der Waals surface area contributed by atoms with Gasteiger partial charge in [0.25, 0.3) is 0 Å². The standard InChI is InChI=1S/C14H17N3O4S/c1-8(16)9(5-15)11(18)6-21-13(20)10-7-22-14(2)4-3-12(19)17(10)14/h10H,3-4,6-7,16H2,1-2H3/b9-8-. The predicted molar refractivity (Wildman–Crippen MR) is 79.2 cm³/mol. The van der Waals surface area contributed by atoms with Crippen molar-refractivity contribution in [3.63, 3.8) is 0 Å². The van der Waals surface area contributed by atoms with E-state index in [0.29, 0.717) is 18.6 Å². The first-order valence-electron chi connectivity index (χ1n) is 6.82. The Morgan fingerprint density at radius 3 is 2.86 bits per heavy atom. The van der Waals surface area contributed by atoms with E-state index in [-0.39, 0.29) is 22.0 Å². The average molecular weight is 323 g/mol. The van der Waals surface area contributed by atoms with Crippen LogP contribution in [-0.4, -0.2) is 45.8 Å². The molecule has 2 saturated heterocycles. The number of hydrogen-bond acceptors (Lipinski definition) is 7. The highest BCUT2D eigenvalue weighted by atomic mass is 32.2. The molecule has 2 N–H and O–H groups in total. The quantitative estimate of drug-likeness (QED) is 0.450. The number of amides is 1. The van der Waals surface area contributed by atoms with Crippen LogP contribution in [-0.2, 0) is 19.1 Å². The number of allylic oxidation sites excluding steroid dienone is 1. The van der Waals surface area contributed by atoms with Gasteiger partial charge in [0.1, 0.15) is 17.7 Å². The van der Waals surface area contributed by atoms with Crippen molar-refractivity contribution in [1.82, 2.24) is 4.90 Å². The second-order valence-electron chi connectivity index (χ2n) is 5.47. The van der Waals surface area contributed by atoms with Crippen LogP contribution in [0.5, 0.6) is 0 Å². The van der Waals surface area contributed by atoms with Gasteiger partial charge in [-0.1, -0.05) is 0 Å². The van der Waals surface area contributed by atoms with Gasteiger partial charge in [-0.3, -0.25) is 9.59 Å². The lowest BCUT2D eigenvalue weighted by Gasteiger charge is -2.29. The Bertz CT molecular complexity index is 606. The van der Waals surface area contributed by atoms with Gasteiger partial charge in [0.05, 0.1) is 4.87 Å². The summed E-state index contributed by atoms with van der Waals surface area (Å²) < 4.78 is 4.99. The van der Waals surface area contributed by atoms with Crippen molar-refractivity contribution < 1.29 is 19.1 Å². The summed E-state index contributed by atoms with van der Waals surface area (Å²) in [5.41, 5.74) is 5.29. The van der Waals surface area contributed by atoms with Gasteiger partial charge >= 0.3 is 5.97 Å². The first-order chi connectivity index (χ1) is 10.3. The molecule has 2 atom stereocenters. The molecule has 0 aromatic carbocycles. The van der Waals surface area contributed by atoms with E-state index in [0.717, 1.165) is 0 Å². The van der Waals surface area contributed by atoms with Crippen molar-refractivity contribution in [2.24, 2.45) is 5.73 Å². The molecule has 0 aliphatic carbocycles. The molecule has 1 amide bonds. The maximum atomic E-state index is 12.1. The van der Waals surface area contributed by atoms with Crippen LogP contribution < -0.4 is 5.73 Å². The minimum absolute atomic E-state index is 0.0730. The lowest BCUT2D eigenvalue weighted by molar-refractivity contribution is -0.155. The molecule has 22 heavy (non-hydrogen) atoms. The van der Waals surface area contributed by atoms with Crippen molar-refractivity contribution in [3.8, 4) is 6.07 Å². The summed E-state index contributed by atoms with van der Waals surface area (Å²) in [6.45, 7) is 2.81. The molecule has 0 aromatic rings. The number of thioether (sulfide) groups is 1. The van der Waals surface area contributed by atoms with Crippen LogP contribution in [0.2, 0.25) is 0 Å². The van der Waals surface area contributed by atoms with Crippen LogP contribution in [0, 0.1) is 11.3 Å². The fourth-order valence-electron chi connectivity index (χ4n) is 2.67. The average Bonchev–Trinajstić information content (AvgIpc) is 2.94. The second-order valence-corrected chi connectivity index (χ2v) is 6.97. The van der Waals surface area contributed by atoms with Crippen molar-refractivity contribution in [2.45, 2.75) is 37.6 Å². The van der Waals surface area contributed by atoms with Gasteiger partial charge in [-0.15, -0.1) is 11.8 Å². The lowest BCUT2D eigenvalue weighted by atomic mass is 10.1. The second kappa shape index (κ2) is 6.01. The summed E-state index contributed by atoms with van der Waals surface area (Å²) in [6.07, 6.45) is 1.12. The smallest absolute Gasteiger partial charge is 0.330 e. The highest BCUT2D eigenvalue weighted by Crippen LogP contribution is 2.47. The molecule has 2 aliphatic heterocycles. The van der Waals surface area contributed by atoms with Gasteiger partial charge in [0, 0.05) is 17.9 Å².